The highest BCUT2D eigenvalue weighted by Crippen LogP contribution is 2.17. The number of carbonyl (C=O) groups excluding carboxylic acids is 2. The van der Waals surface area contributed by atoms with Crippen molar-refractivity contribution in [3.8, 4) is 5.95 Å². The van der Waals surface area contributed by atoms with Crippen LogP contribution >= 0.6 is 11.6 Å². The van der Waals surface area contributed by atoms with E-state index in [1.54, 1.807) is 37.3 Å². The lowest BCUT2D eigenvalue weighted by atomic mass is 10.2. The molecule has 2 heterocycles. The highest BCUT2D eigenvalue weighted by Gasteiger charge is 2.14. The van der Waals surface area contributed by atoms with E-state index in [1.165, 1.54) is 16.8 Å². The van der Waals surface area contributed by atoms with Crippen LogP contribution in [0.15, 0.2) is 42.5 Å². The highest BCUT2D eigenvalue weighted by molar-refractivity contribution is 6.32. The van der Waals surface area contributed by atoms with Crippen LogP contribution in [0.4, 0.5) is 5.82 Å². The van der Waals surface area contributed by atoms with E-state index >= 15 is 0 Å². The third-order valence-electron chi connectivity index (χ3n) is 3.91. The predicted octanol–water partition coefficient (Wildman–Crippen LogP) is 3.44. The van der Waals surface area contributed by atoms with Gasteiger partial charge in [0.05, 0.1) is 5.69 Å². The molecule has 0 atom stereocenters. The second kappa shape index (κ2) is 9.32. The molecule has 30 heavy (non-hydrogen) atoms. The third-order valence-corrected chi connectivity index (χ3v) is 4.25. The number of hydrogen-bond donors (Lipinski definition) is 1. The Morgan fingerprint density at radius 2 is 1.80 bits per heavy atom. The minimum atomic E-state index is -0.660. The molecular formula is C21H20ClN5O3. The van der Waals surface area contributed by atoms with E-state index in [-0.39, 0.29) is 0 Å². The number of halogens is 1. The maximum absolute atomic E-state index is 12.3. The number of nitrogens with zero attached hydrogens (tertiary/aromatic N) is 4. The number of benzene rings is 1. The largest absolute Gasteiger partial charge is 0.452 e. The van der Waals surface area contributed by atoms with Crippen LogP contribution in [0.5, 0.6) is 0 Å². The molecule has 0 aliphatic heterocycles. The Hall–Kier alpha value is -3.52. The van der Waals surface area contributed by atoms with Crippen LogP contribution in [0.3, 0.4) is 0 Å². The number of rotatable bonds is 6. The molecule has 0 radical (unpaired) electrons. The minimum Gasteiger partial charge on any atom is -0.452 e. The van der Waals surface area contributed by atoms with Crippen molar-refractivity contribution in [3.05, 3.63) is 70.1 Å². The Kier molecular flexibility index (Phi) is 6.58. The van der Waals surface area contributed by atoms with Gasteiger partial charge in [-0.2, -0.15) is 9.78 Å². The van der Waals surface area contributed by atoms with E-state index in [2.05, 4.69) is 20.4 Å². The lowest BCUT2D eigenvalue weighted by Gasteiger charge is -2.09. The molecule has 0 unspecified atom stereocenters. The van der Waals surface area contributed by atoms with Crippen LogP contribution in [0.25, 0.3) is 12.0 Å². The number of anilines is 1. The van der Waals surface area contributed by atoms with Crippen molar-refractivity contribution in [2.75, 3.05) is 11.9 Å². The van der Waals surface area contributed by atoms with E-state index in [0.717, 1.165) is 11.4 Å². The molecule has 0 saturated carbocycles. The molecule has 0 bridgehead atoms. The van der Waals surface area contributed by atoms with Gasteiger partial charge in [0.1, 0.15) is 5.82 Å². The van der Waals surface area contributed by atoms with E-state index in [0.29, 0.717) is 28.0 Å². The summed E-state index contributed by atoms with van der Waals surface area (Å²) in [7, 11) is 0. The standard InChI is InChI=1S/C21H20ClN5O3/c1-13-10-14(2)24-21(23-13)27-18(11-15(3)26-27)25-19(28)12-30-20(29)9-8-16-6-4-5-7-17(16)22/h4-11H,12H2,1-3H3,(H,25,28). The number of nitrogens with one attached hydrogen (secondary N) is 1. The van der Waals surface area contributed by atoms with Gasteiger partial charge >= 0.3 is 5.97 Å². The maximum atomic E-state index is 12.3. The molecule has 0 spiro atoms. The van der Waals surface area contributed by atoms with E-state index < -0.39 is 18.5 Å². The molecule has 1 N–H and O–H groups in total. The monoisotopic (exact) mass is 425 g/mol. The van der Waals surface area contributed by atoms with Crippen molar-refractivity contribution in [3.63, 3.8) is 0 Å². The van der Waals surface area contributed by atoms with Gasteiger partial charge in [-0.05, 0) is 44.5 Å². The second-order valence-electron chi connectivity index (χ2n) is 6.54. The number of aromatic nitrogens is 4. The van der Waals surface area contributed by atoms with Crippen molar-refractivity contribution in [2.24, 2.45) is 0 Å². The summed E-state index contributed by atoms with van der Waals surface area (Å²) in [6.45, 7) is 5.03. The molecule has 0 aliphatic rings. The first-order valence-electron chi connectivity index (χ1n) is 9.10. The maximum Gasteiger partial charge on any atom is 0.331 e. The Labute approximate surface area is 178 Å². The molecular weight excluding hydrogens is 406 g/mol. The van der Waals surface area contributed by atoms with Crippen molar-refractivity contribution >= 4 is 35.4 Å². The van der Waals surface area contributed by atoms with Crippen LogP contribution < -0.4 is 5.32 Å². The van der Waals surface area contributed by atoms with Gasteiger partial charge in [0.25, 0.3) is 11.9 Å². The normalized spacial score (nSPS) is 10.9. The molecule has 0 fully saturated rings. The van der Waals surface area contributed by atoms with Crippen LogP contribution in [0, 0.1) is 20.8 Å². The Morgan fingerprint density at radius 3 is 2.50 bits per heavy atom. The van der Waals surface area contributed by atoms with E-state index in [9.17, 15) is 9.59 Å². The van der Waals surface area contributed by atoms with Gasteiger partial charge in [0.15, 0.2) is 6.61 Å². The second-order valence-corrected chi connectivity index (χ2v) is 6.95. The molecule has 3 aromatic rings. The molecule has 154 valence electrons. The van der Waals surface area contributed by atoms with Crippen molar-refractivity contribution in [1.29, 1.82) is 0 Å². The van der Waals surface area contributed by atoms with Crippen molar-refractivity contribution < 1.29 is 14.3 Å². The lowest BCUT2D eigenvalue weighted by Crippen LogP contribution is -2.22. The Morgan fingerprint density at radius 1 is 1.10 bits per heavy atom. The average molecular weight is 426 g/mol. The molecule has 1 amide bonds. The summed E-state index contributed by atoms with van der Waals surface area (Å²) in [6.07, 6.45) is 2.74. The molecule has 1 aromatic carbocycles. The first kappa shape index (κ1) is 21.2. The van der Waals surface area contributed by atoms with Gasteiger partial charge in [-0.1, -0.05) is 29.8 Å². The smallest absolute Gasteiger partial charge is 0.331 e. The molecule has 8 nitrogen and oxygen atoms in total. The zero-order chi connectivity index (χ0) is 21.7. The average Bonchev–Trinajstić information content (AvgIpc) is 3.05. The number of carbonyl (C=O) groups is 2. The molecule has 9 heteroatoms. The quantitative estimate of drug-likeness (QED) is 0.479. The first-order valence-corrected chi connectivity index (χ1v) is 9.48. The summed E-state index contributed by atoms with van der Waals surface area (Å²) >= 11 is 6.03. The Balaban J connectivity index is 1.63. The summed E-state index contributed by atoms with van der Waals surface area (Å²) in [5.41, 5.74) is 2.91. The SMILES string of the molecule is Cc1cc(C)nc(-n2nc(C)cc2NC(=O)COC(=O)C=Cc2ccccc2Cl)n1. The third kappa shape index (κ3) is 5.51. The fourth-order valence-corrected chi connectivity index (χ4v) is 2.87. The van der Waals surface area contributed by atoms with Crippen molar-refractivity contribution in [2.45, 2.75) is 20.8 Å². The van der Waals surface area contributed by atoms with Gasteiger partial charge in [-0.3, -0.25) is 4.79 Å². The number of esters is 1. The van der Waals surface area contributed by atoms with Crippen molar-refractivity contribution in [1.82, 2.24) is 19.7 Å². The van der Waals surface area contributed by atoms with Crippen LogP contribution in [0.1, 0.15) is 22.6 Å². The van der Waals surface area contributed by atoms with Crippen LogP contribution in [0.2, 0.25) is 5.02 Å². The van der Waals surface area contributed by atoms with E-state index in [4.69, 9.17) is 16.3 Å². The lowest BCUT2D eigenvalue weighted by molar-refractivity contribution is -0.142. The molecule has 3 rings (SSSR count). The number of amides is 1. The summed E-state index contributed by atoms with van der Waals surface area (Å²) in [5.74, 6) is -0.451. The van der Waals surface area contributed by atoms with Gasteiger partial charge in [-0.25, -0.2) is 14.8 Å². The van der Waals surface area contributed by atoms with Gasteiger partial charge in [-0.15, -0.1) is 0 Å². The summed E-state index contributed by atoms with van der Waals surface area (Å²) in [6, 6.07) is 10.6. The highest BCUT2D eigenvalue weighted by atomic mass is 35.5. The summed E-state index contributed by atoms with van der Waals surface area (Å²) in [4.78, 5) is 32.8. The predicted molar refractivity (Wildman–Crippen MR) is 113 cm³/mol. The van der Waals surface area contributed by atoms with Gasteiger partial charge in [0.2, 0.25) is 0 Å². The molecule has 0 saturated heterocycles. The molecule has 0 aliphatic carbocycles. The zero-order valence-corrected chi connectivity index (χ0v) is 17.5. The van der Waals surface area contributed by atoms with Gasteiger partial charge in [0, 0.05) is 28.6 Å². The number of hydrogen-bond acceptors (Lipinski definition) is 6. The summed E-state index contributed by atoms with van der Waals surface area (Å²) < 4.78 is 6.42. The first-order chi connectivity index (χ1) is 14.3. The summed E-state index contributed by atoms with van der Waals surface area (Å²) in [5, 5.41) is 7.50. The zero-order valence-electron chi connectivity index (χ0n) is 16.7. The minimum absolute atomic E-state index is 0.343. The molecule has 2 aromatic heterocycles. The topological polar surface area (TPSA) is 99.0 Å². The van der Waals surface area contributed by atoms with Gasteiger partial charge < -0.3 is 10.1 Å². The van der Waals surface area contributed by atoms with E-state index in [1.807, 2.05) is 19.9 Å². The number of aryl methyl sites for hydroxylation is 3. The fourth-order valence-electron chi connectivity index (χ4n) is 2.67. The fraction of sp³-hybridized carbons (Fsp3) is 0.190. The van der Waals surface area contributed by atoms with Crippen LogP contribution in [-0.4, -0.2) is 38.2 Å². The Bertz CT molecular complexity index is 1100. The van der Waals surface area contributed by atoms with Crippen LogP contribution in [-0.2, 0) is 14.3 Å². The number of ether oxygens (including phenoxy) is 1.